The smallest absolute Gasteiger partial charge is 0.255 e. The molecule has 0 N–H and O–H groups in total. The summed E-state index contributed by atoms with van der Waals surface area (Å²) in [6.45, 7) is 4.42. The number of halogens is 2. The summed E-state index contributed by atoms with van der Waals surface area (Å²) in [4.78, 5) is 20.0. The molecule has 0 radical (unpaired) electrons. The lowest BCUT2D eigenvalue weighted by Gasteiger charge is -2.35. The van der Waals surface area contributed by atoms with Gasteiger partial charge in [0.05, 0.1) is 22.7 Å². The molecule has 2 heterocycles. The summed E-state index contributed by atoms with van der Waals surface area (Å²) < 4.78 is 0. The van der Waals surface area contributed by atoms with Crippen molar-refractivity contribution in [3.8, 4) is 6.07 Å². The maximum atomic E-state index is 12.3. The molecule has 1 saturated heterocycles. The standard InChI is InChI=1S/C13H14Cl2N4O/c1-9(7-16)18-2-4-19(5-3-18)13(20)10-6-11(14)12(15)17-8-10/h6,8-9H,2-5H2,1H3. The van der Waals surface area contributed by atoms with Gasteiger partial charge in [-0.1, -0.05) is 23.2 Å². The van der Waals surface area contributed by atoms with Crippen LogP contribution in [0, 0.1) is 11.3 Å². The highest BCUT2D eigenvalue weighted by atomic mass is 35.5. The van der Waals surface area contributed by atoms with E-state index in [9.17, 15) is 4.79 Å². The van der Waals surface area contributed by atoms with E-state index >= 15 is 0 Å². The normalized spacial score (nSPS) is 17.6. The predicted molar refractivity (Wildman–Crippen MR) is 76.8 cm³/mol. The molecule has 5 nitrogen and oxygen atoms in total. The van der Waals surface area contributed by atoms with E-state index < -0.39 is 0 Å². The van der Waals surface area contributed by atoms with Gasteiger partial charge in [0.25, 0.3) is 5.91 Å². The topological polar surface area (TPSA) is 60.2 Å². The largest absolute Gasteiger partial charge is 0.336 e. The first-order valence-electron chi connectivity index (χ1n) is 6.27. The molecular formula is C13H14Cl2N4O. The molecule has 1 aromatic rings. The van der Waals surface area contributed by atoms with Crippen LogP contribution in [-0.4, -0.2) is 52.9 Å². The number of carbonyl (C=O) groups excluding carboxylic acids is 1. The third-order valence-corrected chi connectivity index (χ3v) is 4.07. The molecule has 1 amide bonds. The van der Waals surface area contributed by atoms with E-state index in [4.69, 9.17) is 28.5 Å². The number of rotatable bonds is 2. The second kappa shape index (κ2) is 6.40. The monoisotopic (exact) mass is 312 g/mol. The summed E-state index contributed by atoms with van der Waals surface area (Å²) in [6, 6.07) is 3.61. The molecule has 7 heteroatoms. The van der Waals surface area contributed by atoms with Crippen LogP contribution >= 0.6 is 23.2 Å². The lowest BCUT2D eigenvalue weighted by molar-refractivity contribution is 0.0615. The molecule has 1 aromatic heterocycles. The van der Waals surface area contributed by atoms with E-state index in [1.807, 2.05) is 6.92 Å². The van der Waals surface area contributed by atoms with Crippen LogP contribution in [0.15, 0.2) is 12.3 Å². The van der Waals surface area contributed by atoms with E-state index in [1.54, 1.807) is 4.90 Å². The molecule has 0 saturated carbocycles. The Bertz CT molecular complexity index is 550. The van der Waals surface area contributed by atoms with Crippen LogP contribution in [0.25, 0.3) is 0 Å². The van der Waals surface area contributed by atoms with E-state index in [0.29, 0.717) is 31.7 Å². The Morgan fingerprint density at radius 1 is 1.40 bits per heavy atom. The SMILES string of the molecule is CC(C#N)N1CCN(C(=O)c2cnc(Cl)c(Cl)c2)CC1. The van der Waals surface area contributed by atoms with Gasteiger partial charge in [0, 0.05) is 32.4 Å². The average molecular weight is 313 g/mol. The van der Waals surface area contributed by atoms with Crippen LogP contribution in [0.5, 0.6) is 0 Å². The number of nitriles is 1. The first-order chi connectivity index (χ1) is 9.52. The molecule has 1 aliphatic heterocycles. The predicted octanol–water partition coefficient (Wildman–Crippen LogP) is 2.06. The summed E-state index contributed by atoms with van der Waals surface area (Å²) in [6.07, 6.45) is 1.43. The Labute approximate surface area is 127 Å². The summed E-state index contributed by atoms with van der Waals surface area (Å²) >= 11 is 11.6. The second-order valence-electron chi connectivity index (χ2n) is 4.63. The van der Waals surface area contributed by atoms with Gasteiger partial charge in [-0.2, -0.15) is 5.26 Å². The lowest BCUT2D eigenvalue weighted by Crippen LogP contribution is -2.51. The lowest BCUT2D eigenvalue weighted by atomic mass is 10.2. The van der Waals surface area contributed by atoms with Crippen LogP contribution in [0.4, 0.5) is 0 Å². The number of amides is 1. The Kier molecular flexibility index (Phi) is 4.81. The summed E-state index contributed by atoms with van der Waals surface area (Å²) in [5, 5.41) is 9.35. The molecule has 0 bridgehead atoms. The fraction of sp³-hybridized carbons (Fsp3) is 0.462. The minimum atomic E-state index is -0.126. The Morgan fingerprint density at radius 2 is 2.05 bits per heavy atom. The number of piperazine rings is 1. The summed E-state index contributed by atoms with van der Waals surface area (Å²) in [5.41, 5.74) is 0.432. The Balaban J connectivity index is 2.01. The van der Waals surface area contributed by atoms with E-state index in [-0.39, 0.29) is 22.1 Å². The van der Waals surface area contributed by atoms with Crippen molar-refractivity contribution in [2.45, 2.75) is 13.0 Å². The molecular weight excluding hydrogens is 299 g/mol. The number of aromatic nitrogens is 1. The molecule has 1 fully saturated rings. The van der Waals surface area contributed by atoms with Crippen molar-refractivity contribution in [2.24, 2.45) is 0 Å². The van der Waals surface area contributed by atoms with Gasteiger partial charge >= 0.3 is 0 Å². The Hall–Kier alpha value is -1.35. The van der Waals surface area contributed by atoms with Gasteiger partial charge in [-0.15, -0.1) is 0 Å². The van der Waals surface area contributed by atoms with Gasteiger partial charge in [-0.05, 0) is 13.0 Å². The highest BCUT2D eigenvalue weighted by Crippen LogP contribution is 2.21. The molecule has 1 atom stereocenters. The molecule has 2 rings (SSSR count). The van der Waals surface area contributed by atoms with Crippen LogP contribution in [0.2, 0.25) is 10.2 Å². The Morgan fingerprint density at radius 3 is 2.60 bits per heavy atom. The van der Waals surface area contributed by atoms with Crippen LogP contribution in [0.3, 0.4) is 0 Å². The van der Waals surface area contributed by atoms with Crippen molar-refractivity contribution in [2.75, 3.05) is 26.2 Å². The highest BCUT2D eigenvalue weighted by Gasteiger charge is 2.25. The van der Waals surface area contributed by atoms with Crippen molar-refractivity contribution >= 4 is 29.1 Å². The average Bonchev–Trinajstić information content (AvgIpc) is 2.48. The van der Waals surface area contributed by atoms with Gasteiger partial charge in [-0.25, -0.2) is 4.98 Å². The minimum absolute atomic E-state index is 0.111. The molecule has 0 aliphatic carbocycles. The first kappa shape index (κ1) is 15.0. The molecule has 1 unspecified atom stereocenters. The number of pyridine rings is 1. The quantitative estimate of drug-likeness (QED) is 0.784. The van der Waals surface area contributed by atoms with Crippen LogP contribution < -0.4 is 0 Å². The van der Waals surface area contributed by atoms with Crippen molar-refractivity contribution in [3.63, 3.8) is 0 Å². The maximum Gasteiger partial charge on any atom is 0.255 e. The van der Waals surface area contributed by atoms with Crippen LogP contribution in [-0.2, 0) is 0 Å². The van der Waals surface area contributed by atoms with Crippen molar-refractivity contribution < 1.29 is 4.79 Å². The number of hydrogen-bond donors (Lipinski definition) is 0. The van der Waals surface area contributed by atoms with Crippen molar-refractivity contribution in [1.82, 2.24) is 14.8 Å². The van der Waals surface area contributed by atoms with E-state index in [0.717, 1.165) is 0 Å². The van der Waals surface area contributed by atoms with Gasteiger partial charge in [-0.3, -0.25) is 9.69 Å². The van der Waals surface area contributed by atoms with E-state index in [2.05, 4.69) is 16.0 Å². The summed E-state index contributed by atoms with van der Waals surface area (Å²) in [7, 11) is 0. The molecule has 0 aromatic carbocycles. The number of carbonyl (C=O) groups is 1. The van der Waals surface area contributed by atoms with Crippen molar-refractivity contribution in [3.05, 3.63) is 28.0 Å². The van der Waals surface area contributed by atoms with Gasteiger partial charge in [0.15, 0.2) is 0 Å². The maximum absolute atomic E-state index is 12.3. The molecule has 0 spiro atoms. The van der Waals surface area contributed by atoms with Gasteiger partial charge < -0.3 is 4.90 Å². The zero-order valence-electron chi connectivity index (χ0n) is 11.0. The fourth-order valence-electron chi connectivity index (χ4n) is 2.11. The molecule has 20 heavy (non-hydrogen) atoms. The third-order valence-electron chi connectivity index (χ3n) is 3.38. The van der Waals surface area contributed by atoms with Crippen LogP contribution in [0.1, 0.15) is 17.3 Å². The number of hydrogen-bond acceptors (Lipinski definition) is 4. The summed E-state index contributed by atoms with van der Waals surface area (Å²) in [5.74, 6) is -0.111. The third kappa shape index (κ3) is 3.21. The van der Waals surface area contributed by atoms with Gasteiger partial charge in [0.2, 0.25) is 0 Å². The minimum Gasteiger partial charge on any atom is -0.336 e. The number of nitrogens with zero attached hydrogens (tertiary/aromatic N) is 4. The second-order valence-corrected chi connectivity index (χ2v) is 5.40. The molecule has 106 valence electrons. The zero-order chi connectivity index (χ0) is 14.7. The zero-order valence-corrected chi connectivity index (χ0v) is 12.5. The van der Waals surface area contributed by atoms with Gasteiger partial charge in [0.1, 0.15) is 5.15 Å². The molecule has 1 aliphatic rings. The van der Waals surface area contributed by atoms with Crippen molar-refractivity contribution in [1.29, 1.82) is 5.26 Å². The highest BCUT2D eigenvalue weighted by molar-refractivity contribution is 6.41. The first-order valence-corrected chi connectivity index (χ1v) is 7.02. The van der Waals surface area contributed by atoms with E-state index in [1.165, 1.54) is 12.3 Å². The fourth-order valence-corrected chi connectivity index (χ4v) is 2.38.